The quantitative estimate of drug-likeness (QED) is 0.772. The summed E-state index contributed by atoms with van der Waals surface area (Å²) in [6.07, 6.45) is 2.43. The molecule has 0 radical (unpaired) electrons. The van der Waals surface area contributed by atoms with Gasteiger partial charge in [-0.3, -0.25) is 4.98 Å². The summed E-state index contributed by atoms with van der Waals surface area (Å²) in [7, 11) is 0. The first-order valence-electron chi connectivity index (χ1n) is 5.00. The molecular formula is C13H11ClFN. The maximum absolute atomic E-state index is 13.2. The summed E-state index contributed by atoms with van der Waals surface area (Å²) in [5.74, 6) is -0.383. The zero-order chi connectivity index (χ0) is 11.5. The Morgan fingerprint density at radius 2 is 2.06 bits per heavy atom. The largest absolute Gasteiger partial charge is 0.261 e. The predicted molar refractivity (Wildman–Crippen MR) is 63.2 cm³/mol. The van der Waals surface area contributed by atoms with Gasteiger partial charge in [0.15, 0.2) is 0 Å². The van der Waals surface area contributed by atoms with Crippen molar-refractivity contribution in [3.8, 4) is 0 Å². The highest BCUT2D eigenvalue weighted by Crippen LogP contribution is 2.17. The second-order valence-electron chi connectivity index (χ2n) is 3.75. The molecule has 1 aromatic carbocycles. The van der Waals surface area contributed by atoms with Crippen LogP contribution in [-0.2, 0) is 6.42 Å². The summed E-state index contributed by atoms with van der Waals surface area (Å²) >= 11 is 5.61. The van der Waals surface area contributed by atoms with E-state index in [-0.39, 0.29) is 10.8 Å². The summed E-state index contributed by atoms with van der Waals surface area (Å²) in [4.78, 5) is 4.27. The Kier molecular flexibility index (Phi) is 3.20. The summed E-state index contributed by atoms with van der Waals surface area (Å²) < 4.78 is 13.2. The molecule has 2 aromatic rings. The highest BCUT2D eigenvalue weighted by molar-refractivity contribution is 6.30. The van der Waals surface area contributed by atoms with Crippen molar-refractivity contribution in [1.82, 2.24) is 4.98 Å². The Morgan fingerprint density at radius 1 is 1.25 bits per heavy atom. The highest BCUT2D eigenvalue weighted by Gasteiger charge is 2.02. The SMILES string of the molecule is Cc1ccc(Cc2ccc(Cl)c(F)c2)nc1. The third-order valence-corrected chi connectivity index (χ3v) is 2.65. The zero-order valence-electron chi connectivity index (χ0n) is 8.87. The molecule has 82 valence electrons. The molecule has 0 aliphatic carbocycles. The fourth-order valence-corrected chi connectivity index (χ4v) is 1.58. The lowest BCUT2D eigenvalue weighted by molar-refractivity contribution is 0.626. The molecule has 0 aliphatic rings. The van der Waals surface area contributed by atoms with Crippen LogP contribution in [0.2, 0.25) is 5.02 Å². The molecule has 1 aromatic heterocycles. The lowest BCUT2D eigenvalue weighted by Gasteiger charge is -2.02. The average Bonchev–Trinajstić information content (AvgIpc) is 2.27. The molecule has 1 nitrogen and oxygen atoms in total. The van der Waals surface area contributed by atoms with Crippen molar-refractivity contribution in [3.63, 3.8) is 0 Å². The van der Waals surface area contributed by atoms with Crippen molar-refractivity contribution < 1.29 is 4.39 Å². The van der Waals surface area contributed by atoms with Crippen LogP contribution in [0.25, 0.3) is 0 Å². The molecule has 0 saturated heterocycles. The topological polar surface area (TPSA) is 12.9 Å². The van der Waals surface area contributed by atoms with Crippen molar-refractivity contribution >= 4 is 11.6 Å². The molecule has 0 N–H and O–H groups in total. The van der Waals surface area contributed by atoms with Crippen molar-refractivity contribution in [2.75, 3.05) is 0 Å². The van der Waals surface area contributed by atoms with Crippen molar-refractivity contribution in [2.45, 2.75) is 13.3 Å². The molecule has 0 unspecified atom stereocenters. The number of pyridine rings is 1. The van der Waals surface area contributed by atoms with E-state index < -0.39 is 0 Å². The van der Waals surface area contributed by atoms with E-state index >= 15 is 0 Å². The third kappa shape index (κ3) is 2.58. The van der Waals surface area contributed by atoms with Crippen LogP contribution in [0.4, 0.5) is 4.39 Å². The van der Waals surface area contributed by atoms with Gasteiger partial charge in [0.2, 0.25) is 0 Å². The first-order valence-corrected chi connectivity index (χ1v) is 5.38. The molecule has 0 saturated carbocycles. The lowest BCUT2D eigenvalue weighted by Crippen LogP contribution is -1.93. The Balaban J connectivity index is 2.20. The normalized spacial score (nSPS) is 10.4. The number of hydrogen-bond donors (Lipinski definition) is 0. The van der Waals surface area contributed by atoms with E-state index in [4.69, 9.17) is 11.6 Å². The summed E-state index contributed by atoms with van der Waals surface area (Å²) in [5, 5.41) is 0.153. The number of aryl methyl sites for hydroxylation is 1. The number of nitrogens with zero attached hydrogens (tertiary/aromatic N) is 1. The number of hydrogen-bond acceptors (Lipinski definition) is 1. The third-order valence-electron chi connectivity index (χ3n) is 2.34. The minimum absolute atomic E-state index is 0.153. The highest BCUT2D eigenvalue weighted by atomic mass is 35.5. The van der Waals surface area contributed by atoms with E-state index in [1.54, 1.807) is 6.07 Å². The molecule has 0 amide bonds. The van der Waals surface area contributed by atoms with Crippen LogP contribution in [0, 0.1) is 12.7 Å². The van der Waals surface area contributed by atoms with Gasteiger partial charge in [0.25, 0.3) is 0 Å². The van der Waals surface area contributed by atoms with Crippen molar-refractivity contribution in [1.29, 1.82) is 0 Å². The first kappa shape index (κ1) is 11.1. The number of halogens is 2. The molecule has 0 bridgehead atoms. The fourth-order valence-electron chi connectivity index (χ4n) is 1.46. The van der Waals surface area contributed by atoms with E-state index in [0.29, 0.717) is 6.42 Å². The molecule has 1 heterocycles. The second kappa shape index (κ2) is 4.62. The molecule has 3 heteroatoms. The smallest absolute Gasteiger partial charge is 0.142 e. The second-order valence-corrected chi connectivity index (χ2v) is 4.16. The van der Waals surface area contributed by atoms with Crippen LogP contribution < -0.4 is 0 Å². The minimum Gasteiger partial charge on any atom is -0.261 e. The van der Waals surface area contributed by atoms with Crippen LogP contribution >= 0.6 is 11.6 Å². The van der Waals surface area contributed by atoms with E-state index in [2.05, 4.69) is 4.98 Å². The maximum atomic E-state index is 13.2. The average molecular weight is 236 g/mol. The van der Waals surface area contributed by atoms with E-state index in [0.717, 1.165) is 16.8 Å². The monoisotopic (exact) mass is 235 g/mol. The Morgan fingerprint density at radius 3 is 2.69 bits per heavy atom. The molecule has 0 atom stereocenters. The number of rotatable bonds is 2. The van der Waals surface area contributed by atoms with Gasteiger partial charge >= 0.3 is 0 Å². The number of benzene rings is 1. The Hall–Kier alpha value is -1.41. The van der Waals surface area contributed by atoms with Crippen LogP contribution in [0.3, 0.4) is 0 Å². The predicted octanol–water partition coefficient (Wildman–Crippen LogP) is 3.77. The van der Waals surface area contributed by atoms with Crippen LogP contribution in [0.1, 0.15) is 16.8 Å². The first-order chi connectivity index (χ1) is 7.65. The fraction of sp³-hybridized carbons (Fsp3) is 0.154. The Bertz CT molecular complexity index is 494. The van der Waals surface area contributed by atoms with Crippen molar-refractivity contribution in [2.24, 2.45) is 0 Å². The van der Waals surface area contributed by atoms with Gasteiger partial charge in [-0.1, -0.05) is 23.7 Å². The van der Waals surface area contributed by atoms with Crippen LogP contribution in [0.5, 0.6) is 0 Å². The lowest BCUT2D eigenvalue weighted by atomic mass is 10.1. The standard InChI is InChI=1S/C13H11ClFN/c1-9-2-4-11(16-8-9)6-10-3-5-12(14)13(15)7-10/h2-5,7-8H,6H2,1H3. The van der Waals surface area contributed by atoms with Gasteiger partial charge < -0.3 is 0 Å². The van der Waals surface area contributed by atoms with Gasteiger partial charge in [-0.15, -0.1) is 0 Å². The van der Waals surface area contributed by atoms with Gasteiger partial charge in [-0.25, -0.2) is 4.39 Å². The van der Waals surface area contributed by atoms with Crippen LogP contribution in [-0.4, -0.2) is 4.98 Å². The van der Waals surface area contributed by atoms with Gasteiger partial charge in [0.05, 0.1) is 5.02 Å². The van der Waals surface area contributed by atoms with Gasteiger partial charge in [0.1, 0.15) is 5.82 Å². The van der Waals surface area contributed by atoms with Gasteiger partial charge in [0, 0.05) is 18.3 Å². The molecule has 0 spiro atoms. The summed E-state index contributed by atoms with van der Waals surface area (Å²) in [6.45, 7) is 1.98. The Labute approximate surface area is 98.9 Å². The number of aromatic nitrogens is 1. The van der Waals surface area contributed by atoms with Crippen molar-refractivity contribution in [3.05, 3.63) is 64.2 Å². The maximum Gasteiger partial charge on any atom is 0.142 e. The van der Waals surface area contributed by atoms with Crippen LogP contribution in [0.15, 0.2) is 36.5 Å². The van der Waals surface area contributed by atoms with E-state index in [1.165, 1.54) is 6.07 Å². The molecule has 0 fully saturated rings. The zero-order valence-corrected chi connectivity index (χ0v) is 9.63. The summed E-state index contributed by atoms with van der Waals surface area (Å²) in [6, 6.07) is 8.77. The molecular weight excluding hydrogens is 225 g/mol. The molecule has 2 rings (SSSR count). The molecule has 16 heavy (non-hydrogen) atoms. The summed E-state index contributed by atoms with van der Waals surface area (Å²) in [5.41, 5.74) is 2.91. The van der Waals surface area contributed by atoms with Gasteiger partial charge in [-0.05, 0) is 36.2 Å². The van der Waals surface area contributed by atoms with Gasteiger partial charge in [-0.2, -0.15) is 0 Å². The van der Waals surface area contributed by atoms with E-state index in [1.807, 2.05) is 31.3 Å². The molecule has 0 aliphatic heterocycles. The minimum atomic E-state index is -0.383. The van der Waals surface area contributed by atoms with E-state index in [9.17, 15) is 4.39 Å².